The summed E-state index contributed by atoms with van der Waals surface area (Å²) in [6.45, 7) is 9.76. The molecule has 0 radical (unpaired) electrons. The predicted molar refractivity (Wildman–Crippen MR) is 114 cm³/mol. The second kappa shape index (κ2) is 9.53. The summed E-state index contributed by atoms with van der Waals surface area (Å²) in [7, 11) is 0. The lowest BCUT2D eigenvalue weighted by molar-refractivity contribution is 0.0995. The van der Waals surface area contributed by atoms with Crippen LogP contribution in [0.4, 0.5) is 10.7 Å². The van der Waals surface area contributed by atoms with Crippen LogP contribution in [-0.4, -0.2) is 46.1 Å². The van der Waals surface area contributed by atoms with E-state index in [1.807, 2.05) is 17.8 Å². The molecule has 8 nitrogen and oxygen atoms in total. The number of likely N-dealkylation sites (N-methyl/N-ethyl adjacent to an activating group) is 1. The van der Waals surface area contributed by atoms with Gasteiger partial charge in [0.2, 0.25) is 0 Å². The molecule has 0 aliphatic heterocycles. The van der Waals surface area contributed by atoms with E-state index in [1.54, 1.807) is 24.4 Å². The first-order valence-corrected chi connectivity index (χ1v) is 10.3. The maximum absolute atomic E-state index is 12.7. The fraction of sp³-hybridized carbons (Fsp3) is 0.350. The number of carbonyl (C=O) groups is 2. The van der Waals surface area contributed by atoms with Crippen LogP contribution in [0.3, 0.4) is 0 Å². The van der Waals surface area contributed by atoms with Crippen LogP contribution in [0.15, 0.2) is 41.3 Å². The molecule has 0 aliphatic rings. The molecule has 0 fully saturated rings. The van der Waals surface area contributed by atoms with Gasteiger partial charge in [-0.1, -0.05) is 13.8 Å². The molecule has 154 valence electrons. The molecule has 0 saturated heterocycles. The van der Waals surface area contributed by atoms with Crippen molar-refractivity contribution in [2.45, 2.75) is 27.3 Å². The lowest BCUT2D eigenvalue weighted by Crippen LogP contribution is -2.27. The molecule has 0 saturated carbocycles. The first-order chi connectivity index (χ1) is 14.0. The van der Waals surface area contributed by atoms with Gasteiger partial charge in [-0.15, -0.1) is 11.3 Å². The largest absolute Gasteiger partial charge is 0.459 e. The van der Waals surface area contributed by atoms with Crippen molar-refractivity contribution in [3.8, 4) is 0 Å². The summed E-state index contributed by atoms with van der Waals surface area (Å²) in [6, 6.07) is 5.00. The molecule has 0 aromatic carbocycles. The minimum atomic E-state index is -0.349. The Bertz CT molecular complexity index is 957. The van der Waals surface area contributed by atoms with Gasteiger partial charge in [-0.25, -0.2) is 0 Å². The number of anilines is 2. The van der Waals surface area contributed by atoms with Gasteiger partial charge in [0.15, 0.2) is 5.76 Å². The molecular weight excluding hydrogens is 390 g/mol. The molecule has 29 heavy (non-hydrogen) atoms. The molecule has 2 N–H and O–H groups in total. The normalized spacial score (nSPS) is 11.0. The Morgan fingerprint density at radius 1 is 1.24 bits per heavy atom. The number of nitrogens with zero attached hydrogens (tertiary/aromatic N) is 3. The molecular formula is C20H25N5O3S. The number of thiophene rings is 1. The summed E-state index contributed by atoms with van der Waals surface area (Å²) in [6.07, 6.45) is 4.91. The van der Waals surface area contributed by atoms with Gasteiger partial charge in [-0.05, 0) is 43.8 Å². The number of amides is 2. The van der Waals surface area contributed by atoms with E-state index in [9.17, 15) is 9.59 Å². The summed E-state index contributed by atoms with van der Waals surface area (Å²) in [4.78, 5) is 27.6. The lowest BCUT2D eigenvalue weighted by atomic mass is 10.2. The van der Waals surface area contributed by atoms with Crippen molar-refractivity contribution >= 4 is 33.8 Å². The van der Waals surface area contributed by atoms with Crippen LogP contribution >= 0.6 is 11.3 Å². The van der Waals surface area contributed by atoms with Crippen molar-refractivity contribution in [1.82, 2.24) is 14.7 Å². The third kappa shape index (κ3) is 5.33. The third-order valence-electron chi connectivity index (χ3n) is 4.54. The zero-order valence-electron chi connectivity index (χ0n) is 16.8. The van der Waals surface area contributed by atoms with Crippen molar-refractivity contribution < 1.29 is 14.0 Å². The molecule has 0 atom stereocenters. The van der Waals surface area contributed by atoms with Gasteiger partial charge in [-0.3, -0.25) is 14.3 Å². The van der Waals surface area contributed by atoms with Gasteiger partial charge in [0.05, 0.1) is 34.6 Å². The van der Waals surface area contributed by atoms with Gasteiger partial charge >= 0.3 is 0 Å². The average Bonchev–Trinajstić information content (AvgIpc) is 3.44. The van der Waals surface area contributed by atoms with E-state index in [-0.39, 0.29) is 17.6 Å². The van der Waals surface area contributed by atoms with Crippen molar-refractivity contribution in [2.75, 3.05) is 30.3 Å². The zero-order chi connectivity index (χ0) is 20.8. The summed E-state index contributed by atoms with van der Waals surface area (Å²) in [5, 5.41) is 10.5. The molecule has 3 aromatic rings. The number of nitrogens with one attached hydrogen (secondary N) is 2. The predicted octanol–water partition coefficient (Wildman–Crippen LogP) is 3.69. The molecule has 2 amide bonds. The minimum absolute atomic E-state index is 0.221. The van der Waals surface area contributed by atoms with Crippen LogP contribution in [0.25, 0.3) is 0 Å². The van der Waals surface area contributed by atoms with E-state index in [4.69, 9.17) is 4.42 Å². The van der Waals surface area contributed by atoms with E-state index >= 15 is 0 Å². The first-order valence-electron chi connectivity index (χ1n) is 9.51. The Kier molecular flexibility index (Phi) is 6.84. The molecule has 0 spiro atoms. The smallest absolute Gasteiger partial charge is 0.291 e. The molecule has 3 heterocycles. The zero-order valence-corrected chi connectivity index (χ0v) is 17.6. The Morgan fingerprint density at radius 3 is 2.72 bits per heavy atom. The number of aromatic nitrogens is 2. The third-order valence-corrected chi connectivity index (χ3v) is 5.69. The highest BCUT2D eigenvalue weighted by Gasteiger charge is 2.17. The van der Waals surface area contributed by atoms with E-state index < -0.39 is 0 Å². The molecule has 0 aliphatic carbocycles. The van der Waals surface area contributed by atoms with E-state index in [0.29, 0.717) is 15.6 Å². The second-order valence-corrected chi connectivity index (χ2v) is 7.58. The summed E-state index contributed by atoms with van der Waals surface area (Å²) >= 11 is 1.22. The van der Waals surface area contributed by atoms with Crippen LogP contribution in [0.5, 0.6) is 0 Å². The number of rotatable bonds is 9. The molecule has 0 unspecified atom stereocenters. The van der Waals surface area contributed by atoms with Crippen LogP contribution in [0.2, 0.25) is 0 Å². The highest BCUT2D eigenvalue weighted by atomic mass is 32.1. The first kappa shape index (κ1) is 20.8. The summed E-state index contributed by atoms with van der Waals surface area (Å²) in [5.74, 6) is -0.355. The van der Waals surface area contributed by atoms with Crippen LogP contribution in [0, 0.1) is 6.92 Å². The quantitative estimate of drug-likeness (QED) is 0.556. The standard InChI is InChI=1S/C20H25N5O3S/c1-4-24(5-2)8-9-25-13-15(12-21-25)22-20(27)18-14(3)11-17(29-18)23-19(26)16-7-6-10-28-16/h6-7,10-13H,4-5,8-9H2,1-3H3,(H,22,27)(H,23,26). The Hall–Kier alpha value is -2.91. The number of aryl methyl sites for hydroxylation is 1. The van der Waals surface area contributed by atoms with Gasteiger partial charge < -0.3 is 20.0 Å². The van der Waals surface area contributed by atoms with E-state index in [1.165, 1.54) is 17.6 Å². The fourth-order valence-corrected chi connectivity index (χ4v) is 3.84. The van der Waals surface area contributed by atoms with Crippen LogP contribution < -0.4 is 10.6 Å². The molecule has 9 heteroatoms. The number of furan rings is 1. The molecule has 0 bridgehead atoms. The van der Waals surface area contributed by atoms with Crippen molar-refractivity contribution in [3.63, 3.8) is 0 Å². The van der Waals surface area contributed by atoms with Crippen molar-refractivity contribution in [2.24, 2.45) is 0 Å². The van der Waals surface area contributed by atoms with Gasteiger partial charge in [0.25, 0.3) is 11.8 Å². The maximum Gasteiger partial charge on any atom is 0.291 e. The Balaban J connectivity index is 1.60. The van der Waals surface area contributed by atoms with Gasteiger partial charge in [-0.2, -0.15) is 5.10 Å². The lowest BCUT2D eigenvalue weighted by Gasteiger charge is -2.17. The van der Waals surface area contributed by atoms with Gasteiger partial charge in [0, 0.05) is 12.7 Å². The van der Waals surface area contributed by atoms with Gasteiger partial charge in [0.1, 0.15) is 0 Å². The maximum atomic E-state index is 12.7. The summed E-state index contributed by atoms with van der Waals surface area (Å²) in [5.41, 5.74) is 1.43. The van der Waals surface area contributed by atoms with Crippen molar-refractivity contribution in [1.29, 1.82) is 0 Å². The van der Waals surface area contributed by atoms with E-state index in [0.717, 1.165) is 31.7 Å². The Labute approximate surface area is 173 Å². The van der Waals surface area contributed by atoms with Crippen molar-refractivity contribution in [3.05, 3.63) is 53.1 Å². The SMILES string of the molecule is CCN(CC)CCn1cc(NC(=O)c2sc(NC(=O)c3ccco3)cc2C)cn1. The fourth-order valence-electron chi connectivity index (χ4n) is 2.87. The average molecular weight is 416 g/mol. The highest BCUT2D eigenvalue weighted by Crippen LogP contribution is 2.28. The Morgan fingerprint density at radius 2 is 2.03 bits per heavy atom. The minimum Gasteiger partial charge on any atom is -0.459 e. The molecule has 3 aromatic heterocycles. The molecule has 3 rings (SSSR count). The van der Waals surface area contributed by atoms with E-state index in [2.05, 4.69) is 34.5 Å². The van der Waals surface area contributed by atoms with Crippen LogP contribution in [0.1, 0.15) is 39.6 Å². The second-order valence-electron chi connectivity index (χ2n) is 6.53. The highest BCUT2D eigenvalue weighted by molar-refractivity contribution is 7.18. The van der Waals surface area contributed by atoms with Crippen LogP contribution in [-0.2, 0) is 6.54 Å². The number of hydrogen-bond donors (Lipinski definition) is 2. The number of hydrogen-bond acceptors (Lipinski definition) is 6. The number of carbonyl (C=O) groups excluding carboxylic acids is 2. The monoisotopic (exact) mass is 415 g/mol. The topological polar surface area (TPSA) is 92.4 Å². The summed E-state index contributed by atoms with van der Waals surface area (Å²) < 4.78 is 6.91.